The molecule has 0 heterocycles. The first-order chi connectivity index (χ1) is 10.7. The summed E-state index contributed by atoms with van der Waals surface area (Å²) in [4.78, 5) is 20.7. The van der Waals surface area contributed by atoms with E-state index in [0.29, 0.717) is 0 Å². The minimum Gasteiger partial charge on any atom is -0.820 e. The predicted molar refractivity (Wildman–Crippen MR) is 85.8 cm³/mol. The van der Waals surface area contributed by atoms with Gasteiger partial charge in [-0.05, 0) is 23.3 Å². The van der Waals surface area contributed by atoms with Crippen molar-refractivity contribution in [2.24, 2.45) is 0 Å². The van der Waals surface area contributed by atoms with Gasteiger partial charge in [0.1, 0.15) is 0 Å². The molecule has 122 valence electrons. The molecule has 0 aromatic heterocycles. The van der Waals surface area contributed by atoms with Crippen molar-refractivity contribution in [1.82, 2.24) is 0 Å². The molecule has 24 heavy (non-hydrogen) atoms. The summed E-state index contributed by atoms with van der Waals surface area (Å²) in [5, 5.41) is 11.2. The van der Waals surface area contributed by atoms with E-state index in [2.05, 4.69) is 18.3 Å². The summed E-state index contributed by atoms with van der Waals surface area (Å²) < 4.78 is 18.7. The van der Waals surface area contributed by atoms with E-state index in [1.165, 1.54) is 12.1 Å². The van der Waals surface area contributed by atoms with Gasteiger partial charge in [-0.25, -0.2) is 0 Å². The van der Waals surface area contributed by atoms with E-state index in [-0.39, 0.29) is 28.5 Å². The third-order valence-corrected chi connectivity index (χ3v) is 3.95. The normalized spacial score (nSPS) is 11.5. The van der Waals surface area contributed by atoms with Crippen LogP contribution in [0.15, 0.2) is 54.6 Å². The molecule has 2 aromatic rings. The summed E-state index contributed by atoms with van der Waals surface area (Å²) in [6, 6.07) is 16.5. The van der Waals surface area contributed by atoms with Gasteiger partial charge in [-0.15, -0.1) is 0 Å². The fourth-order valence-electron chi connectivity index (χ4n) is 2.21. The van der Waals surface area contributed by atoms with Crippen molar-refractivity contribution in [1.29, 1.82) is 0 Å². The zero-order valence-electron chi connectivity index (χ0n) is 13.2. The summed E-state index contributed by atoms with van der Waals surface area (Å²) in [6.45, 7) is 4.12. The second-order valence-corrected chi connectivity index (χ2v) is 6.58. The fraction of sp³-hybridized carbons (Fsp3) is 0.200. The molecule has 0 aliphatic heterocycles. The van der Waals surface area contributed by atoms with E-state index < -0.39 is 15.1 Å². The van der Waals surface area contributed by atoms with Crippen LogP contribution >= 0.6 is 7.82 Å². The average molecular weight is 360 g/mol. The van der Waals surface area contributed by atoms with E-state index in [1.807, 2.05) is 30.3 Å². The molecule has 9 heteroatoms. The maximum absolute atomic E-state index is 11.2. The maximum Gasteiger partial charge on any atom is 3.00 e. The van der Waals surface area contributed by atoms with Crippen molar-refractivity contribution in [2.75, 3.05) is 0 Å². The van der Waals surface area contributed by atoms with Crippen LogP contribution in [0.5, 0.6) is 5.75 Å². The van der Waals surface area contributed by atoms with Crippen LogP contribution in [0.4, 0.5) is 0 Å². The minimum absolute atomic E-state index is 0. The number of hydrogen-bond donors (Lipinski definition) is 0. The molecule has 0 radical (unpaired) electrons. The van der Waals surface area contributed by atoms with Gasteiger partial charge in [0.05, 0.1) is 5.75 Å². The van der Waals surface area contributed by atoms with Crippen LogP contribution in [0.1, 0.15) is 25.0 Å². The number of rotatable bonds is 6. The molecule has 0 aliphatic carbocycles. The van der Waals surface area contributed by atoms with Crippen LogP contribution in [-0.4, -0.2) is 24.7 Å². The average Bonchev–Trinajstić information content (AvgIpc) is 2.46. The summed E-state index contributed by atoms with van der Waals surface area (Å²) >= 11 is 0. The SMILES string of the molecule is CC(C)(c1ccccc1)c1ccc(OB([O-])OP(=O)([O-])[O-])cc1.[Al+3]. The summed E-state index contributed by atoms with van der Waals surface area (Å²) in [5.74, 6) is 0.117. The summed E-state index contributed by atoms with van der Waals surface area (Å²) in [5.41, 5.74) is 1.85. The molecule has 0 bridgehead atoms. The van der Waals surface area contributed by atoms with Gasteiger partial charge in [-0.1, -0.05) is 56.3 Å². The molecule has 6 nitrogen and oxygen atoms in total. The molecular weight excluding hydrogens is 345 g/mol. The fourth-order valence-corrected chi connectivity index (χ4v) is 2.46. The van der Waals surface area contributed by atoms with Gasteiger partial charge in [0.15, 0.2) is 0 Å². The van der Waals surface area contributed by atoms with Crippen LogP contribution in [0.3, 0.4) is 0 Å². The van der Waals surface area contributed by atoms with Crippen molar-refractivity contribution in [3.05, 3.63) is 65.7 Å². The van der Waals surface area contributed by atoms with Crippen molar-refractivity contribution in [2.45, 2.75) is 19.3 Å². The van der Waals surface area contributed by atoms with E-state index in [9.17, 15) is 19.4 Å². The first-order valence-electron chi connectivity index (χ1n) is 6.87. The molecule has 0 fully saturated rings. The molecule has 2 rings (SSSR count). The summed E-state index contributed by atoms with van der Waals surface area (Å²) in [7, 11) is -7.79. The first-order valence-corrected chi connectivity index (χ1v) is 8.33. The Labute approximate surface area is 152 Å². The van der Waals surface area contributed by atoms with Gasteiger partial charge in [0.2, 0.25) is 0 Å². The van der Waals surface area contributed by atoms with E-state index in [1.54, 1.807) is 12.1 Å². The standard InChI is InChI=1S/C15H17BO6P.Al/c1-15(2,12-6-4-3-5-7-12)13-8-10-14(11-9-13)21-16(17)22-23(18,19)20;/h3-11H,1-2H3,(H2,18,19,20);/q-1;+3/p-2. The molecule has 0 spiro atoms. The van der Waals surface area contributed by atoms with Gasteiger partial charge in [0, 0.05) is 13.2 Å². The van der Waals surface area contributed by atoms with Crippen molar-refractivity contribution in [3.8, 4) is 5.75 Å². The molecule has 0 unspecified atom stereocenters. The topological polar surface area (TPSA) is 105 Å². The van der Waals surface area contributed by atoms with Crippen LogP contribution < -0.4 is 19.5 Å². The first kappa shape index (κ1) is 21.0. The largest absolute Gasteiger partial charge is 3.00 e. The van der Waals surface area contributed by atoms with Gasteiger partial charge in [-0.2, -0.15) is 0 Å². The van der Waals surface area contributed by atoms with Crippen LogP contribution in [0.2, 0.25) is 0 Å². The minimum atomic E-state index is -5.37. The smallest absolute Gasteiger partial charge is 0.820 e. The molecule has 2 aromatic carbocycles. The molecule has 0 saturated carbocycles. The third kappa shape index (κ3) is 5.77. The Morgan fingerprint density at radius 3 is 1.96 bits per heavy atom. The Bertz CT molecular complexity index is 689. The number of phosphoric acid groups is 1. The quantitative estimate of drug-likeness (QED) is 0.539. The van der Waals surface area contributed by atoms with Gasteiger partial charge in [0.25, 0.3) is 0 Å². The van der Waals surface area contributed by atoms with Crippen LogP contribution in [-0.2, 0) is 14.4 Å². The van der Waals surface area contributed by atoms with E-state index in [4.69, 9.17) is 4.65 Å². The predicted octanol–water partition coefficient (Wildman–Crippen LogP) is 0.201. The number of benzene rings is 2. The number of hydrogen-bond acceptors (Lipinski definition) is 6. The molecule has 0 aliphatic rings. The zero-order chi connectivity index (χ0) is 17.1. The molecule has 0 N–H and O–H groups in total. The molecule has 0 saturated heterocycles. The van der Waals surface area contributed by atoms with E-state index >= 15 is 0 Å². The second-order valence-electron chi connectivity index (χ2n) is 5.47. The Hall–Kier alpha value is -1.09. The van der Waals surface area contributed by atoms with Crippen molar-refractivity contribution in [3.63, 3.8) is 0 Å². The van der Waals surface area contributed by atoms with Gasteiger partial charge >= 0.3 is 24.7 Å². The third-order valence-electron chi connectivity index (χ3n) is 3.52. The molecule has 0 amide bonds. The second kappa shape index (κ2) is 8.33. The summed E-state index contributed by atoms with van der Waals surface area (Å²) in [6.07, 6.45) is 0. The van der Waals surface area contributed by atoms with Gasteiger partial charge in [-0.3, -0.25) is 0 Å². The van der Waals surface area contributed by atoms with Crippen molar-refractivity contribution < 1.29 is 28.5 Å². The Balaban J connectivity index is 0.00000288. The monoisotopic (exact) mass is 360 g/mol. The zero-order valence-corrected chi connectivity index (χ0v) is 15.3. The van der Waals surface area contributed by atoms with E-state index in [0.717, 1.165) is 11.1 Å². The van der Waals surface area contributed by atoms with Crippen molar-refractivity contribution >= 4 is 32.5 Å². The van der Waals surface area contributed by atoms with Crippen LogP contribution in [0.25, 0.3) is 0 Å². The molecule has 0 atom stereocenters. The Morgan fingerprint density at radius 1 is 0.958 bits per heavy atom. The Morgan fingerprint density at radius 2 is 1.46 bits per heavy atom. The molecular formula is C15H15AlBO6P. The van der Waals surface area contributed by atoms with Crippen LogP contribution in [0, 0.1) is 0 Å². The maximum atomic E-state index is 11.2. The van der Waals surface area contributed by atoms with Gasteiger partial charge < -0.3 is 28.5 Å². The Kier molecular flexibility index (Phi) is 7.27.